The normalized spacial score (nSPS) is 45.8. The summed E-state index contributed by atoms with van der Waals surface area (Å²) in [6.07, 6.45) is 3.53. The molecule has 0 aliphatic heterocycles. The van der Waals surface area contributed by atoms with Crippen molar-refractivity contribution in [3.8, 4) is 0 Å². The Kier molecular flexibility index (Phi) is 2.26. The van der Waals surface area contributed by atoms with E-state index in [-0.39, 0.29) is 12.0 Å². The maximum absolute atomic E-state index is 9.62. The van der Waals surface area contributed by atoms with E-state index in [0.717, 1.165) is 25.7 Å². The average Bonchev–Trinajstić information content (AvgIpc) is 1.97. The fraction of sp³-hybridized carbons (Fsp3) is 1.00. The van der Waals surface area contributed by atoms with Crippen molar-refractivity contribution in [1.29, 1.82) is 0 Å². The standard InChI is InChI=1S/C9H18O2/c1-8(7-10)3-5-9(2,11)6-4-8/h10-11H,3-7H2,1-2H3. The van der Waals surface area contributed by atoms with Crippen LogP contribution in [0, 0.1) is 5.41 Å². The Balaban J connectivity index is 2.48. The second kappa shape index (κ2) is 2.76. The van der Waals surface area contributed by atoms with Crippen molar-refractivity contribution in [1.82, 2.24) is 0 Å². The summed E-state index contributed by atoms with van der Waals surface area (Å²) < 4.78 is 0. The Hall–Kier alpha value is -0.0800. The maximum Gasteiger partial charge on any atom is 0.0620 e. The molecule has 0 saturated heterocycles. The molecule has 0 atom stereocenters. The number of rotatable bonds is 1. The van der Waals surface area contributed by atoms with E-state index in [1.807, 2.05) is 6.92 Å². The SMILES string of the molecule is CC1(O)CCC(C)(CO)CC1. The van der Waals surface area contributed by atoms with Gasteiger partial charge in [0.2, 0.25) is 0 Å². The highest BCUT2D eigenvalue weighted by atomic mass is 16.3. The number of aliphatic hydroxyl groups is 2. The van der Waals surface area contributed by atoms with Crippen LogP contribution in [0.15, 0.2) is 0 Å². The second-order valence-corrected chi connectivity index (χ2v) is 4.47. The molecule has 0 aromatic carbocycles. The van der Waals surface area contributed by atoms with Gasteiger partial charge in [0.15, 0.2) is 0 Å². The summed E-state index contributed by atoms with van der Waals surface area (Å²) in [5.74, 6) is 0. The average molecular weight is 158 g/mol. The van der Waals surface area contributed by atoms with Crippen molar-refractivity contribution in [3.63, 3.8) is 0 Å². The van der Waals surface area contributed by atoms with E-state index in [2.05, 4.69) is 6.92 Å². The molecule has 2 nitrogen and oxygen atoms in total. The van der Waals surface area contributed by atoms with Crippen molar-refractivity contribution in [2.75, 3.05) is 6.61 Å². The second-order valence-electron chi connectivity index (χ2n) is 4.47. The Morgan fingerprint density at radius 3 is 1.91 bits per heavy atom. The molecular weight excluding hydrogens is 140 g/mol. The van der Waals surface area contributed by atoms with Crippen LogP contribution in [0.2, 0.25) is 0 Å². The zero-order chi connectivity index (χ0) is 8.54. The van der Waals surface area contributed by atoms with Gasteiger partial charge in [-0.3, -0.25) is 0 Å². The van der Waals surface area contributed by atoms with Crippen molar-refractivity contribution < 1.29 is 10.2 Å². The van der Waals surface area contributed by atoms with Gasteiger partial charge in [-0.1, -0.05) is 6.92 Å². The van der Waals surface area contributed by atoms with Gasteiger partial charge in [0, 0.05) is 6.61 Å². The van der Waals surface area contributed by atoms with Gasteiger partial charge in [0.05, 0.1) is 5.60 Å². The summed E-state index contributed by atoms with van der Waals surface area (Å²) >= 11 is 0. The third kappa shape index (κ3) is 2.17. The molecule has 11 heavy (non-hydrogen) atoms. The summed E-state index contributed by atoms with van der Waals surface area (Å²) in [7, 11) is 0. The number of hydrogen-bond donors (Lipinski definition) is 2. The first kappa shape index (κ1) is 9.01. The lowest BCUT2D eigenvalue weighted by molar-refractivity contribution is -0.0300. The lowest BCUT2D eigenvalue weighted by Crippen LogP contribution is -2.36. The third-order valence-corrected chi connectivity index (χ3v) is 2.92. The van der Waals surface area contributed by atoms with Crippen LogP contribution in [0.4, 0.5) is 0 Å². The van der Waals surface area contributed by atoms with Crippen LogP contribution in [-0.4, -0.2) is 22.4 Å². The quantitative estimate of drug-likeness (QED) is 0.604. The zero-order valence-corrected chi connectivity index (χ0v) is 7.43. The van der Waals surface area contributed by atoms with E-state index in [1.165, 1.54) is 0 Å². The van der Waals surface area contributed by atoms with Gasteiger partial charge in [-0.15, -0.1) is 0 Å². The Labute approximate surface area is 68.2 Å². The van der Waals surface area contributed by atoms with Crippen molar-refractivity contribution in [3.05, 3.63) is 0 Å². The maximum atomic E-state index is 9.62. The molecule has 0 heterocycles. The molecule has 0 radical (unpaired) electrons. The predicted molar refractivity (Wildman–Crippen MR) is 44.3 cm³/mol. The van der Waals surface area contributed by atoms with Crippen molar-refractivity contribution in [2.24, 2.45) is 5.41 Å². The number of aliphatic hydroxyl groups excluding tert-OH is 1. The van der Waals surface area contributed by atoms with E-state index >= 15 is 0 Å². The molecule has 1 saturated carbocycles. The minimum absolute atomic E-state index is 0.0717. The van der Waals surface area contributed by atoms with Gasteiger partial charge in [-0.25, -0.2) is 0 Å². The molecule has 0 aromatic rings. The fourth-order valence-electron chi connectivity index (χ4n) is 1.55. The molecule has 0 aromatic heterocycles. The van der Waals surface area contributed by atoms with Gasteiger partial charge >= 0.3 is 0 Å². The molecule has 0 unspecified atom stereocenters. The predicted octanol–water partition coefficient (Wildman–Crippen LogP) is 1.31. The van der Waals surface area contributed by atoms with Crippen LogP contribution in [0.1, 0.15) is 39.5 Å². The van der Waals surface area contributed by atoms with E-state index in [4.69, 9.17) is 5.11 Å². The lowest BCUT2D eigenvalue weighted by Gasteiger charge is -2.39. The monoisotopic (exact) mass is 158 g/mol. The molecular formula is C9H18O2. The molecule has 2 heteroatoms. The van der Waals surface area contributed by atoms with Gasteiger partial charge in [-0.2, -0.15) is 0 Å². The van der Waals surface area contributed by atoms with Gasteiger partial charge in [0.25, 0.3) is 0 Å². The highest BCUT2D eigenvalue weighted by Crippen LogP contribution is 2.39. The summed E-state index contributed by atoms with van der Waals surface area (Å²) in [4.78, 5) is 0. The van der Waals surface area contributed by atoms with Crippen molar-refractivity contribution >= 4 is 0 Å². The van der Waals surface area contributed by atoms with Gasteiger partial charge in [0.1, 0.15) is 0 Å². The smallest absolute Gasteiger partial charge is 0.0620 e. The Bertz CT molecular complexity index is 130. The van der Waals surface area contributed by atoms with Crippen LogP contribution in [0.25, 0.3) is 0 Å². The van der Waals surface area contributed by atoms with Crippen LogP contribution in [0.3, 0.4) is 0 Å². The lowest BCUT2D eigenvalue weighted by atomic mass is 9.71. The van der Waals surface area contributed by atoms with Crippen LogP contribution in [0.5, 0.6) is 0 Å². The molecule has 66 valence electrons. The Morgan fingerprint density at radius 1 is 1.09 bits per heavy atom. The topological polar surface area (TPSA) is 40.5 Å². The number of hydrogen-bond acceptors (Lipinski definition) is 2. The minimum Gasteiger partial charge on any atom is -0.396 e. The van der Waals surface area contributed by atoms with Gasteiger partial charge in [-0.05, 0) is 38.0 Å². The largest absolute Gasteiger partial charge is 0.396 e. The molecule has 1 fully saturated rings. The van der Waals surface area contributed by atoms with Gasteiger partial charge < -0.3 is 10.2 Å². The molecule has 0 spiro atoms. The van der Waals surface area contributed by atoms with E-state index < -0.39 is 5.60 Å². The third-order valence-electron chi connectivity index (χ3n) is 2.92. The highest BCUT2D eigenvalue weighted by molar-refractivity contribution is 4.87. The molecule has 1 rings (SSSR count). The first-order chi connectivity index (χ1) is 4.97. The molecule has 0 bridgehead atoms. The van der Waals surface area contributed by atoms with E-state index in [9.17, 15) is 5.11 Å². The Morgan fingerprint density at radius 2 is 1.55 bits per heavy atom. The molecule has 2 N–H and O–H groups in total. The fourth-order valence-corrected chi connectivity index (χ4v) is 1.55. The van der Waals surface area contributed by atoms with Crippen LogP contribution in [-0.2, 0) is 0 Å². The van der Waals surface area contributed by atoms with Crippen molar-refractivity contribution in [2.45, 2.75) is 45.1 Å². The molecule has 1 aliphatic carbocycles. The zero-order valence-electron chi connectivity index (χ0n) is 7.43. The van der Waals surface area contributed by atoms with E-state index in [0.29, 0.717) is 0 Å². The minimum atomic E-state index is -0.477. The van der Waals surface area contributed by atoms with E-state index in [1.54, 1.807) is 0 Å². The summed E-state index contributed by atoms with van der Waals surface area (Å²) in [5.41, 5.74) is -0.406. The first-order valence-corrected chi connectivity index (χ1v) is 4.31. The highest BCUT2D eigenvalue weighted by Gasteiger charge is 2.35. The summed E-state index contributed by atoms with van der Waals surface area (Å²) in [5, 5.41) is 18.7. The molecule has 0 amide bonds. The van der Waals surface area contributed by atoms with Crippen LogP contribution >= 0.6 is 0 Å². The first-order valence-electron chi connectivity index (χ1n) is 4.31. The summed E-state index contributed by atoms with van der Waals surface area (Å²) in [6, 6.07) is 0. The van der Waals surface area contributed by atoms with Crippen LogP contribution < -0.4 is 0 Å². The molecule has 1 aliphatic rings. The summed E-state index contributed by atoms with van der Waals surface area (Å²) in [6.45, 7) is 4.22.